The van der Waals surface area contributed by atoms with Gasteiger partial charge in [-0.15, -0.1) is 0 Å². The van der Waals surface area contributed by atoms with Crippen LogP contribution >= 0.6 is 0 Å². The van der Waals surface area contributed by atoms with Crippen LogP contribution in [0.5, 0.6) is 5.75 Å². The van der Waals surface area contributed by atoms with E-state index in [1.807, 2.05) is 0 Å². The van der Waals surface area contributed by atoms with Crippen LogP contribution in [0.25, 0.3) is 0 Å². The van der Waals surface area contributed by atoms with Gasteiger partial charge in [0.15, 0.2) is 0 Å². The summed E-state index contributed by atoms with van der Waals surface area (Å²) in [7, 11) is -1.77. The van der Waals surface area contributed by atoms with E-state index in [9.17, 15) is 8.42 Å². The van der Waals surface area contributed by atoms with E-state index in [0.717, 1.165) is 0 Å². The molecule has 0 heterocycles. The molecule has 1 aromatic rings. The molecule has 3 N–H and O–H groups in total. The summed E-state index contributed by atoms with van der Waals surface area (Å²) in [5.41, 5.74) is 6.42. The van der Waals surface area contributed by atoms with Crippen molar-refractivity contribution in [2.45, 2.75) is 13.3 Å². The maximum Gasteiger partial charge on any atom is 0.232 e. The van der Waals surface area contributed by atoms with Gasteiger partial charge in [-0.05, 0) is 18.6 Å². The predicted molar refractivity (Wildman–Crippen MR) is 65.1 cm³/mol. The van der Waals surface area contributed by atoms with Gasteiger partial charge in [0.05, 0.1) is 24.2 Å². The number of ether oxygens (including phenoxy) is 1. The number of hydrogen-bond donors (Lipinski definition) is 2. The number of methoxy groups -OCH3 is 1. The highest BCUT2D eigenvalue weighted by Crippen LogP contribution is 2.24. The number of nitrogens with one attached hydrogen (secondary N) is 1. The Labute approximate surface area is 95.7 Å². The van der Waals surface area contributed by atoms with E-state index >= 15 is 0 Å². The third-order valence-corrected chi connectivity index (χ3v) is 3.47. The van der Waals surface area contributed by atoms with Crippen molar-refractivity contribution in [3.8, 4) is 5.75 Å². The molecule has 0 saturated heterocycles. The van der Waals surface area contributed by atoms with E-state index < -0.39 is 10.0 Å². The van der Waals surface area contributed by atoms with E-state index in [-0.39, 0.29) is 5.75 Å². The topological polar surface area (TPSA) is 81.4 Å². The molecule has 16 heavy (non-hydrogen) atoms. The van der Waals surface area contributed by atoms with Gasteiger partial charge < -0.3 is 10.5 Å². The summed E-state index contributed by atoms with van der Waals surface area (Å²) in [4.78, 5) is 0. The van der Waals surface area contributed by atoms with E-state index in [1.54, 1.807) is 25.1 Å². The van der Waals surface area contributed by atoms with Crippen LogP contribution in [0.15, 0.2) is 18.2 Å². The third-order valence-electron chi connectivity index (χ3n) is 2.00. The zero-order chi connectivity index (χ0) is 12.2. The number of benzene rings is 1. The fourth-order valence-corrected chi connectivity index (χ4v) is 2.41. The Balaban J connectivity index is 2.90. The average molecular weight is 244 g/mol. The highest BCUT2D eigenvalue weighted by Gasteiger charge is 2.10. The van der Waals surface area contributed by atoms with Crippen molar-refractivity contribution in [1.82, 2.24) is 0 Å². The summed E-state index contributed by atoms with van der Waals surface area (Å²) >= 11 is 0. The smallest absolute Gasteiger partial charge is 0.232 e. The summed E-state index contributed by atoms with van der Waals surface area (Å²) in [6, 6.07) is 4.81. The molecule has 0 saturated carbocycles. The Morgan fingerprint density at radius 1 is 1.44 bits per heavy atom. The number of hydrogen-bond acceptors (Lipinski definition) is 4. The fourth-order valence-electron chi connectivity index (χ4n) is 1.25. The molecule has 0 aliphatic heterocycles. The molecule has 0 bridgehead atoms. The summed E-state index contributed by atoms with van der Waals surface area (Å²) in [5, 5.41) is 0. The van der Waals surface area contributed by atoms with Crippen LogP contribution < -0.4 is 15.2 Å². The number of nitrogens with two attached hydrogens (primary N) is 1. The molecular formula is C10H16N2O3S. The van der Waals surface area contributed by atoms with Gasteiger partial charge in [-0.25, -0.2) is 8.42 Å². The Morgan fingerprint density at radius 3 is 2.62 bits per heavy atom. The number of sulfonamides is 1. The van der Waals surface area contributed by atoms with Crippen LogP contribution in [0.1, 0.15) is 13.3 Å². The Morgan fingerprint density at radius 2 is 2.12 bits per heavy atom. The van der Waals surface area contributed by atoms with E-state index in [1.165, 1.54) is 7.11 Å². The average Bonchev–Trinajstić information content (AvgIpc) is 2.20. The monoisotopic (exact) mass is 244 g/mol. The Kier molecular flexibility index (Phi) is 4.00. The molecule has 0 radical (unpaired) electrons. The number of nitrogen functional groups attached to an aromatic ring is 1. The lowest BCUT2D eigenvalue weighted by Gasteiger charge is -2.10. The molecule has 0 atom stereocenters. The minimum Gasteiger partial charge on any atom is -0.497 e. The second-order valence-electron chi connectivity index (χ2n) is 3.37. The molecule has 0 amide bonds. The van der Waals surface area contributed by atoms with Gasteiger partial charge in [0.25, 0.3) is 0 Å². The zero-order valence-electron chi connectivity index (χ0n) is 9.36. The van der Waals surface area contributed by atoms with Crippen molar-refractivity contribution < 1.29 is 13.2 Å². The Hall–Kier alpha value is -1.43. The van der Waals surface area contributed by atoms with Crippen molar-refractivity contribution in [3.05, 3.63) is 18.2 Å². The molecule has 0 unspecified atom stereocenters. The highest BCUT2D eigenvalue weighted by atomic mass is 32.2. The van der Waals surface area contributed by atoms with Gasteiger partial charge >= 0.3 is 0 Å². The predicted octanol–water partition coefficient (Wildman–Crippen LogP) is 1.43. The molecule has 6 heteroatoms. The van der Waals surface area contributed by atoms with Gasteiger partial charge in [-0.2, -0.15) is 0 Å². The van der Waals surface area contributed by atoms with Crippen LogP contribution in [-0.2, 0) is 10.0 Å². The molecule has 0 aliphatic rings. The van der Waals surface area contributed by atoms with E-state index in [0.29, 0.717) is 23.5 Å². The Bertz CT molecular complexity index is 457. The maximum absolute atomic E-state index is 11.5. The first-order valence-electron chi connectivity index (χ1n) is 4.92. The molecule has 5 nitrogen and oxygen atoms in total. The maximum atomic E-state index is 11.5. The first kappa shape index (κ1) is 12.6. The standard InChI is InChI=1S/C10H16N2O3S/c1-3-6-16(13,14)12-10-5-4-8(15-2)7-9(10)11/h4-5,7,12H,3,6,11H2,1-2H3. The van der Waals surface area contributed by atoms with E-state index in [2.05, 4.69) is 4.72 Å². The van der Waals surface area contributed by atoms with E-state index in [4.69, 9.17) is 10.5 Å². The molecule has 1 rings (SSSR count). The second kappa shape index (κ2) is 5.07. The van der Waals surface area contributed by atoms with Gasteiger partial charge in [-0.1, -0.05) is 6.92 Å². The van der Waals surface area contributed by atoms with Crippen molar-refractivity contribution in [1.29, 1.82) is 0 Å². The molecule has 0 aliphatic carbocycles. The number of rotatable bonds is 5. The van der Waals surface area contributed by atoms with Gasteiger partial charge in [0, 0.05) is 6.07 Å². The molecular weight excluding hydrogens is 228 g/mol. The summed E-state index contributed by atoms with van der Waals surface area (Å²) in [6.07, 6.45) is 0.561. The first-order chi connectivity index (χ1) is 7.48. The number of anilines is 2. The molecule has 0 spiro atoms. The van der Waals surface area contributed by atoms with Crippen molar-refractivity contribution in [2.75, 3.05) is 23.3 Å². The zero-order valence-corrected chi connectivity index (χ0v) is 10.2. The summed E-state index contributed by atoms with van der Waals surface area (Å²) in [5.74, 6) is 0.675. The minimum atomic E-state index is -3.30. The van der Waals surface area contributed by atoms with Crippen LogP contribution in [0.4, 0.5) is 11.4 Å². The van der Waals surface area contributed by atoms with Gasteiger partial charge in [0.2, 0.25) is 10.0 Å². The normalized spacial score (nSPS) is 11.1. The lowest BCUT2D eigenvalue weighted by Crippen LogP contribution is -2.17. The summed E-state index contributed by atoms with van der Waals surface area (Å²) in [6.45, 7) is 1.80. The highest BCUT2D eigenvalue weighted by molar-refractivity contribution is 7.92. The SMILES string of the molecule is CCCS(=O)(=O)Nc1ccc(OC)cc1N. The second-order valence-corrected chi connectivity index (χ2v) is 5.22. The summed E-state index contributed by atoms with van der Waals surface area (Å²) < 4.78 is 30.4. The molecule has 1 aromatic carbocycles. The molecule has 90 valence electrons. The van der Waals surface area contributed by atoms with Crippen LogP contribution in [0.2, 0.25) is 0 Å². The molecule has 0 fully saturated rings. The molecule has 0 aromatic heterocycles. The first-order valence-corrected chi connectivity index (χ1v) is 6.57. The van der Waals surface area contributed by atoms with Crippen molar-refractivity contribution in [3.63, 3.8) is 0 Å². The largest absolute Gasteiger partial charge is 0.497 e. The minimum absolute atomic E-state index is 0.0818. The lowest BCUT2D eigenvalue weighted by molar-refractivity contribution is 0.415. The van der Waals surface area contributed by atoms with Crippen LogP contribution in [-0.4, -0.2) is 21.3 Å². The van der Waals surface area contributed by atoms with Gasteiger partial charge in [-0.3, -0.25) is 4.72 Å². The fraction of sp³-hybridized carbons (Fsp3) is 0.400. The third kappa shape index (κ3) is 3.30. The van der Waals surface area contributed by atoms with Gasteiger partial charge in [0.1, 0.15) is 5.75 Å². The van der Waals surface area contributed by atoms with Crippen LogP contribution in [0, 0.1) is 0 Å². The van der Waals surface area contributed by atoms with Crippen molar-refractivity contribution in [2.24, 2.45) is 0 Å². The lowest BCUT2D eigenvalue weighted by atomic mass is 10.2. The van der Waals surface area contributed by atoms with Crippen molar-refractivity contribution >= 4 is 21.4 Å². The quantitative estimate of drug-likeness (QED) is 0.768. The van der Waals surface area contributed by atoms with Crippen LogP contribution in [0.3, 0.4) is 0 Å².